The van der Waals surface area contributed by atoms with E-state index in [1.54, 1.807) is 0 Å². The summed E-state index contributed by atoms with van der Waals surface area (Å²) >= 11 is 0. The SMILES string of the molecule is C[C@H](NC1CCCCC1O)c1ccccn1. The van der Waals surface area contributed by atoms with E-state index < -0.39 is 0 Å². The first-order valence-electron chi connectivity index (χ1n) is 6.12. The van der Waals surface area contributed by atoms with Crippen LogP contribution in [0.15, 0.2) is 24.4 Å². The molecule has 16 heavy (non-hydrogen) atoms. The van der Waals surface area contributed by atoms with Crippen LogP contribution in [0, 0.1) is 0 Å². The molecule has 0 aliphatic heterocycles. The molecule has 0 bridgehead atoms. The number of aliphatic hydroxyl groups is 1. The van der Waals surface area contributed by atoms with E-state index in [1.165, 1.54) is 6.42 Å². The van der Waals surface area contributed by atoms with Gasteiger partial charge in [0.1, 0.15) is 0 Å². The van der Waals surface area contributed by atoms with Crippen molar-refractivity contribution in [1.82, 2.24) is 10.3 Å². The molecular formula is C13H20N2O. The third-order valence-electron chi connectivity index (χ3n) is 3.32. The van der Waals surface area contributed by atoms with Gasteiger partial charge in [-0.15, -0.1) is 0 Å². The Morgan fingerprint density at radius 3 is 2.88 bits per heavy atom. The summed E-state index contributed by atoms with van der Waals surface area (Å²) in [5.74, 6) is 0. The third kappa shape index (κ3) is 2.80. The second kappa shape index (κ2) is 5.41. The molecular weight excluding hydrogens is 200 g/mol. The Morgan fingerprint density at radius 2 is 2.19 bits per heavy atom. The lowest BCUT2D eigenvalue weighted by atomic mass is 9.92. The van der Waals surface area contributed by atoms with Crippen LogP contribution < -0.4 is 5.32 Å². The summed E-state index contributed by atoms with van der Waals surface area (Å²) < 4.78 is 0. The molecule has 1 heterocycles. The van der Waals surface area contributed by atoms with Gasteiger partial charge in [0.05, 0.1) is 11.8 Å². The van der Waals surface area contributed by atoms with Crippen LogP contribution in [-0.2, 0) is 0 Å². The predicted octanol–water partition coefficient (Wildman–Crippen LogP) is 2.04. The van der Waals surface area contributed by atoms with Crippen molar-refractivity contribution in [3.05, 3.63) is 30.1 Å². The van der Waals surface area contributed by atoms with Crippen molar-refractivity contribution in [1.29, 1.82) is 0 Å². The van der Waals surface area contributed by atoms with E-state index in [4.69, 9.17) is 0 Å². The van der Waals surface area contributed by atoms with Gasteiger partial charge in [0.2, 0.25) is 0 Å². The molecule has 0 spiro atoms. The van der Waals surface area contributed by atoms with Gasteiger partial charge in [-0.05, 0) is 31.9 Å². The van der Waals surface area contributed by atoms with Gasteiger partial charge < -0.3 is 10.4 Å². The van der Waals surface area contributed by atoms with Gasteiger partial charge in [-0.1, -0.05) is 18.9 Å². The van der Waals surface area contributed by atoms with E-state index in [2.05, 4.69) is 17.2 Å². The second-order valence-corrected chi connectivity index (χ2v) is 4.60. The minimum absolute atomic E-state index is 0.195. The summed E-state index contributed by atoms with van der Waals surface area (Å²) in [5.41, 5.74) is 1.04. The Morgan fingerprint density at radius 1 is 1.38 bits per heavy atom. The summed E-state index contributed by atoms with van der Waals surface area (Å²) in [7, 11) is 0. The van der Waals surface area contributed by atoms with Crippen LogP contribution >= 0.6 is 0 Å². The number of hydrogen-bond donors (Lipinski definition) is 2. The fraction of sp³-hybridized carbons (Fsp3) is 0.615. The molecule has 3 atom stereocenters. The van der Waals surface area contributed by atoms with E-state index in [0.29, 0.717) is 0 Å². The van der Waals surface area contributed by atoms with Gasteiger partial charge in [-0.3, -0.25) is 4.98 Å². The molecule has 2 rings (SSSR count). The summed E-state index contributed by atoms with van der Waals surface area (Å²) in [6, 6.07) is 6.38. The van der Waals surface area contributed by atoms with Gasteiger partial charge in [-0.2, -0.15) is 0 Å². The zero-order valence-electron chi connectivity index (χ0n) is 9.76. The van der Waals surface area contributed by atoms with E-state index in [9.17, 15) is 5.11 Å². The summed E-state index contributed by atoms with van der Waals surface area (Å²) in [5, 5.41) is 13.4. The number of hydrogen-bond acceptors (Lipinski definition) is 3. The van der Waals surface area contributed by atoms with E-state index in [-0.39, 0.29) is 18.2 Å². The van der Waals surface area contributed by atoms with Crippen molar-refractivity contribution in [3.63, 3.8) is 0 Å². The fourth-order valence-electron chi connectivity index (χ4n) is 2.34. The van der Waals surface area contributed by atoms with Crippen LogP contribution in [0.5, 0.6) is 0 Å². The highest BCUT2D eigenvalue weighted by Crippen LogP contribution is 2.21. The van der Waals surface area contributed by atoms with Crippen LogP contribution in [0.3, 0.4) is 0 Å². The fourth-order valence-corrected chi connectivity index (χ4v) is 2.34. The van der Waals surface area contributed by atoms with Crippen LogP contribution in [-0.4, -0.2) is 22.2 Å². The normalized spacial score (nSPS) is 27.6. The lowest BCUT2D eigenvalue weighted by Crippen LogP contribution is -2.43. The molecule has 3 nitrogen and oxygen atoms in total. The Balaban J connectivity index is 1.94. The quantitative estimate of drug-likeness (QED) is 0.819. The maximum Gasteiger partial charge on any atom is 0.0693 e. The van der Waals surface area contributed by atoms with Gasteiger partial charge in [0, 0.05) is 18.3 Å². The lowest BCUT2D eigenvalue weighted by molar-refractivity contribution is 0.0857. The maximum absolute atomic E-state index is 9.88. The molecule has 1 aliphatic rings. The van der Waals surface area contributed by atoms with Crippen molar-refractivity contribution >= 4 is 0 Å². The molecule has 1 saturated carbocycles. The molecule has 2 unspecified atom stereocenters. The Hall–Kier alpha value is -0.930. The van der Waals surface area contributed by atoms with Crippen molar-refractivity contribution < 1.29 is 5.11 Å². The van der Waals surface area contributed by atoms with Crippen molar-refractivity contribution in [2.24, 2.45) is 0 Å². The van der Waals surface area contributed by atoms with Crippen LogP contribution in [0.25, 0.3) is 0 Å². The van der Waals surface area contributed by atoms with E-state index in [1.807, 2.05) is 24.4 Å². The number of pyridine rings is 1. The van der Waals surface area contributed by atoms with Gasteiger partial charge in [-0.25, -0.2) is 0 Å². The van der Waals surface area contributed by atoms with Crippen molar-refractivity contribution in [3.8, 4) is 0 Å². The molecule has 0 radical (unpaired) electrons. The Kier molecular flexibility index (Phi) is 3.91. The zero-order chi connectivity index (χ0) is 11.4. The summed E-state index contributed by atoms with van der Waals surface area (Å²) in [4.78, 5) is 4.33. The summed E-state index contributed by atoms with van der Waals surface area (Å²) in [6.07, 6.45) is 5.97. The number of aromatic nitrogens is 1. The van der Waals surface area contributed by atoms with Crippen molar-refractivity contribution in [2.45, 2.75) is 50.8 Å². The first-order valence-corrected chi connectivity index (χ1v) is 6.12. The van der Waals surface area contributed by atoms with E-state index >= 15 is 0 Å². The molecule has 1 aromatic rings. The zero-order valence-corrected chi connectivity index (χ0v) is 9.76. The largest absolute Gasteiger partial charge is 0.392 e. The first kappa shape index (κ1) is 11.6. The number of nitrogens with one attached hydrogen (secondary N) is 1. The van der Waals surface area contributed by atoms with Crippen LogP contribution in [0.4, 0.5) is 0 Å². The topological polar surface area (TPSA) is 45.1 Å². The Bertz CT molecular complexity index is 315. The highest BCUT2D eigenvalue weighted by molar-refractivity contribution is 5.08. The molecule has 0 aromatic carbocycles. The smallest absolute Gasteiger partial charge is 0.0693 e. The molecule has 0 amide bonds. The first-order chi connectivity index (χ1) is 7.77. The average Bonchev–Trinajstić information content (AvgIpc) is 2.33. The van der Waals surface area contributed by atoms with Gasteiger partial charge in [0.25, 0.3) is 0 Å². The summed E-state index contributed by atoms with van der Waals surface area (Å²) in [6.45, 7) is 2.10. The molecule has 88 valence electrons. The highest BCUT2D eigenvalue weighted by atomic mass is 16.3. The van der Waals surface area contributed by atoms with Crippen molar-refractivity contribution in [2.75, 3.05) is 0 Å². The van der Waals surface area contributed by atoms with Crippen LogP contribution in [0.2, 0.25) is 0 Å². The van der Waals surface area contributed by atoms with Gasteiger partial charge in [0.15, 0.2) is 0 Å². The number of rotatable bonds is 3. The lowest BCUT2D eigenvalue weighted by Gasteiger charge is -2.30. The standard InChI is InChI=1S/C13H20N2O/c1-10(11-6-4-5-9-14-11)15-12-7-2-3-8-13(12)16/h4-6,9-10,12-13,15-16H,2-3,7-8H2,1H3/t10-,12?,13?/m0/s1. The molecule has 1 aliphatic carbocycles. The van der Waals surface area contributed by atoms with Crippen LogP contribution in [0.1, 0.15) is 44.3 Å². The Labute approximate surface area is 96.9 Å². The molecule has 1 aromatic heterocycles. The van der Waals surface area contributed by atoms with Gasteiger partial charge >= 0.3 is 0 Å². The molecule has 2 N–H and O–H groups in total. The molecule has 1 fully saturated rings. The number of aliphatic hydroxyl groups excluding tert-OH is 1. The molecule has 0 saturated heterocycles. The monoisotopic (exact) mass is 220 g/mol. The highest BCUT2D eigenvalue weighted by Gasteiger charge is 2.24. The van der Waals surface area contributed by atoms with E-state index in [0.717, 1.165) is 25.0 Å². The maximum atomic E-state index is 9.88. The molecule has 3 heteroatoms. The second-order valence-electron chi connectivity index (χ2n) is 4.60. The minimum Gasteiger partial charge on any atom is -0.392 e. The minimum atomic E-state index is -0.195. The average molecular weight is 220 g/mol. The number of nitrogens with zero attached hydrogens (tertiary/aromatic N) is 1. The predicted molar refractivity (Wildman–Crippen MR) is 64.1 cm³/mol. The third-order valence-corrected chi connectivity index (χ3v) is 3.32.